The lowest BCUT2D eigenvalue weighted by atomic mass is 10.2. The van der Waals surface area contributed by atoms with Crippen molar-refractivity contribution in [1.82, 2.24) is 10.3 Å². The van der Waals surface area contributed by atoms with Crippen LogP contribution in [0.1, 0.15) is 25.3 Å². The van der Waals surface area contributed by atoms with Crippen molar-refractivity contribution in [2.24, 2.45) is 0 Å². The summed E-state index contributed by atoms with van der Waals surface area (Å²) in [7, 11) is 0. The molecule has 1 rings (SSSR count). The number of amides is 1. The van der Waals surface area contributed by atoms with Crippen molar-refractivity contribution in [3.63, 3.8) is 0 Å². The van der Waals surface area contributed by atoms with Gasteiger partial charge in [0.2, 0.25) is 5.91 Å². The van der Waals surface area contributed by atoms with Crippen LogP contribution in [0.2, 0.25) is 0 Å². The molecule has 17 heavy (non-hydrogen) atoms. The lowest BCUT2D eigenvalue weighted by molar-refractivity contribution is -0.118. The first-order valence-corrected chi connectivity index (χ1v) is 5.80. The molecule has 94 valence electrons. The number of nitrogens with zero attached hydrogens (tertiary/aromatic N) is 1. The van der Waals surface area contributed by atoms with E-state index in [9.17, 15) is 4.79 Å². The SMILES string of the molecule is CC(=O)NCCCCNc1ncc(N)cc1C. The average Bonchev–Trinajstić information content (AvgIpc) is 2.25. The Morgan fingerprint density at radius 3 is 2.76 bits per heavy atom. The number of nitrogens with one attached hydrogen (secondary N) is 2. The second-order valence-electron chi connectivity index (χ2n) is 4.05. The quantitative estimate of drug-likeness (QED) is 0.650. The number of nitrogen functional groups attached to an aromatic ring is 1. The van der Waals surface area contributed by atoms with Crippen LogP contribution >= 0.6 is 0 Å². The molecule has 0 aliphatic rings. The van der Waals surface area contributed by atoms with Crippen LogP contribution in [-0.4, -0.2) is 24.0 Å². The molecule has 4 N–H and O–H groups in total. The maximum atomic E-state index is 10.6. The van der Waals surface area contributed by atoms with Crippen molar-refractivity contribution in [3.8, 4) is 0 Å². The molecular weight excluding hydrogens is 216 g/mol. The van der Waals surface area contributed by atoms with E-state index in [1.807, 2.05) is 13.0 Å². The molecule has 0 bridgehead atoms. The van der Waals surface area contributed by atoms with Gasteiger partial charge in [-0.2, -0.15) is 0 Å². The highest BCUT2D eigenvalue weighted by Gasteiger charge is 1.99. The Morgan fingerprint density at radius 2 is 2.12 bits per heavy atom. The minimum absolute atomic E-state index is 0.0222. The largest absolute Gasteiger partial charge is 0.397 e. The Balaban J connectivity index is 2.20. The van der Waals surface area contributed by atoms with E-state index in [4.69, 9.17) is 5.73 Å². The van der Waals surface area contributed by atoms with Crippen molar-refractivity contribution >= 4 is 17.4 Å². The summed E-state index contributed by atoms with van der Waals surface area (Å²) in [6.07, 6.45) is 3.60. The number of rotatable bonds is 6. The van der Waals surface area contributed by atoms with E-state index in [0.717, 1.165) is 37.3 Å². The van der Waals surface area contributed by atoms with Gasteiger partial charge in [-0.05, 0) is 31.4 Å². The number of carbonyl (C=O) groups excluding carboxylic acids is 1. The van der Waals surface area contributed by atoms with Gasteiger partial charge in [0.15, 0.2) is 0 Å². The molecule has 0 radical (unpaired) electrons. The smallest absolute Gasteiger partial charge is 0.216 e. The minimum Gasteiger partial charge on any atom is -0.397 e. The molecule has 0 spiro atoms. The monoisotopic (exact) mass is 236 g/mol. The van der Waals surface area contributed by atoms with Crippen LogP contribution in [0.5, 0.6) is 0 Å². The fourth-order valence-corrected chi connectivity index (χ4v) is 1.50. The third-order valence-electron chi connectivity index (χ3n) is 2.37. The van der Waals surface area contributed by atoms with Gasteiger partial charge in [-0.25, -0.2) is 4.98 Å². The van der Waals surface area contributed by atoms with E-state index in [0.29, 0.717) is 5.69 Å². The van der Waals surface area contributed by atoms with Crippen LogP contribution in [0, 0.1) is 6.92 Å². The zero-order chi connectivity index (χ0) is 12.7. The third-order valence-corrected chi connectivity index (χ3v) is 2.37. The Morgan fingerprint density at radius 1 is 1.41 bits per heavy atom. The Hall–Kier alpha value is -1.78. The van der Waals surface area contributed by atoms with Gasteiger partial charge in [0.05, 0.1) is 11.9 Å². The first-order valence-electron chi connectivity index (χ1n) is 5.80. The number of carbonyl (C=O) groups is 1. The van der Waals surface area contributed by atoms with Gasteiger partial charge >= 0.3 is 0 Å². The van der Waals surface area contributed by atoms with E-state index in [1.54, 1.807) is 6.20 Å². The average molecular weight is 236 g/mol. The lowest BCUT2D eigenvalue weighted by Crippen LogP contribution is -2.21. The predicted molar refractivity (Wildman–Crippen MR) is 69.8 cm³/mol. The molecule has 0 saturated heterocycles. The maximum absolute atomic E-state index is 10.6. The molecule has 5 heteroatoms. The summed E-state index contributed by atoms with van der Waals surface area (Å²) < 4.78 is 0. The zero-order valence-electron chi connectivity index (χ0n) is 10.4. The fourth-order valence-electron chi connectivity index (χ4n) is 1.50. The highest BCUT2D eigenvalue weighted by Crippen LogP contribution is 2.13. The Bertz CT molecular complexity index is 379. The third kappa shape index (κ3) is 5.19. The van der Waals surface area contributed by atoms with Crippen LogP contribution in [0.25, 0.3) is 0 Å². The zero-order valence-corrected chi connectivity index (χ0v) is 10.4. The Labute approximate surface area is 102 Å². The summed E-state index contributed by atoms with van der Waals surface area (Å²) in [5, 5.41) is 6.01. The van der Waals surface area contributed by atoms with Crippen molar-refractivity contribution in [2.75, 3.05) is 24.1 Å². The normalized spacial score (nSPS) is 10.0. The molecule has 5 nitrogen and oxygen atoms in total. The van der Waals surface area contributed by atoms with E-state index in [-0.39, 0.29) is 5.91 Å². The molecule has 0 unspecified atom stereocenters. The summed E-state index contributed by atoms with van der Waals surface area (Å²) in [5.74, 6) is 0.896. The Kier molecular flexibility index (Phi) is 5.26. The second kappa shape index (κ2) is 6.73. The number of unbranched alkanes of at least 4 members (excludes halogenated alkanes) is 1. The van der Waals surface area contributed by atoms with Crippen LogP contribution < -0.4 is 16.4 Å². The van der Waals surface area contributed by atoms with E-state index in [2.05, 4.69) is 15.6 Å². The molecule has 1 amide bonds. The lowest BCUT2D eigenvalue weighted by Gasteiger charge is -2.08. The van der Waals surface area contributed by atoms with Crippen molar-refractivity contribution < 1.29 is 4.79 Å². The van der Waals surface area contributed by atoms with Crippen molar-refractivity contribution in [2.45, 2.75) is 26.7 Å². The molecule has 1 aromatic rings. The molecule has 0 saturated carbocycles. The van der Waals surface area contributed by atoms with Gasteiger partial charge in [0, 0.05) is 20.0 Å². The summed E-state index contributed by atoms with van der Waals surface area (Å²) in [4.78, 5) is 14.8. The van der Waals surface area contributed by atoms with Crippen LogP contribution in [0.4, 0.5) is 11.5 Å². The molecule has 0 fully saturated rings. The van der Waals surface area contributed by atoms with Crippen molar-refractivity contribution in [1.29, 1.82) is 0 Å². The summed E-state index contributed by atoms with van der Waals surface area (Å²) >= 11 is 0. The highest BCUT2D eigenvalue weighted by atomic mass is 16.1. The molecule has 0 atom stereocenters. The second-order valence-corrected chi connectivity index (χ2v) is 4.05. The summed E-state index contributed by atoms with van der Waals surface area (Å²) in [5.41, 5.74) is 7.35. The number of nitrogens with two attached hydrogens (primary N) is 1. The standard InChI is InChI=1S/C12H20N4O/c1-9-7-11(13)8-16-12(9)15-6-4-3-5-14-10(2)17/h7-8H,3-6,13H2,1-2H3,(H,14,17)(H,15,16). The van der Waals surface area contributed by atoms with Gasteiger partial charge in [0.25, 0.3) is 0 Å². The highest BCUT2D eigenvalue weighted by molar-refractivity contribution is 5.72. The van der Waals surface area contributed by atoms with Gasteiger partial charge in [-0.1, -0.05) is 0 Å². The predicted octanol–water partition coefficient (Wildman–Crippen LogP) is 1.30. The molecule has 0 aliphatic heterocycles. The summed E-state index contributed by atoms with van der Waals surface area (Å²) in [6, 6.07) is 1.90. The molecular formula is C12H20N4O. The van der Waals surface area contributed by atoms with E-state index < -0.39 is 0 Å². The number of hydrogen-bond acceptors (Lipinski definition) is 4. The first kappa shape index (κ1) is 13.3. The number of hydrogen-bond donors (Lipinski definition) is 3. The van der Waals surface area contributed by atoms with Crippen LogP contribution in [0.3, 0.4) is 0 Å². The fraction of sp³-hybridized carbons (Fsp3) is 0.500. The minimum atomic E-state index is 0.0222. The van der Waals surface area contributed by atoms with Crippen LogP contribution in [-0.2, 0) is 4.79 Å². The number of aromatic nitrogens is 1. The number of anilines is 2. The molecule has 1 heterocycles. The van der Waals surface area contributed by atoms with Crippen LogP contribution in [0.15, 0.2) is 12.3 Å². The number of aryl methyl sites for hydroxylation is 1. The van der Waals surface area contributed by atoms with E-state index >= 15 is 0 Å². The molecule has 0 aromatic carbocycles. The number of pyridine rings is 1. The van der Waals surface area contributed by atoms with Gasteiger partial charge in [-0.15, -0.1) is 0 Å². The summed E-state index contributed by atoms with van der Waals surface area (Å²) in [6.45, 7) is 5.07. The molecule has 1 aromatic heterocycles. The molecule has 0 aliphatic carbocycles. The van der Waals surface area contributed by atoms with Gasteiger partial charge in [-0.3, -0.25) is 4.79 Å². The topological polar surface area (TPSA) is 80.0 Å². The first-order chi connectivity index (χ1) is 8.09. The maximum Gasteiger partial charge on any atom is 0.216 e. The van der Waals surface area contributed by atoms with Gasteiger partial charge < -0.3 is 16.4 Å². The van der Waals surface area contributed by atoms with E-state index in [1.165, 1.54) is 6.92 Å². The van der Waals surface area contributed by atoms with Gasteiger partial charge in [0.1, 0.15) is 5.82 Å². The van der Waals surface area contributed by atoms with Crippen molar-refractivity contribution in [3.05, 3.63) is 17.8 Å².